The molecular weight excluding hydrogens is 321 g/mol. The standard InChI is InChI=1S/C16H21BrFNO/c1-19-12-5-6-13(19)8-11(7-12)15(20)9-10-3-2-4-14(18)16(10)17/h2-4,11-13,15,20H,5-9H2,1H3. The van der Waals surface area contributed by atoms with Crippen LogP contribution in [-0.2, 0) is 6.42 Å². The first-order chi connectivity index (χ1) is 9.56. The van der Waals surface area contributed by atoms with Crippen LogP contribution >= 0.6 is 15.9 Å². The second-order valence-electron chi connectivity index (χ2n) is 6.27. The molecule has 20 heavy (non-hydrogen) atoms. The maximum Gasteiger partial charge on any atom is 0.137 e. The van der Waals surface area contributed by atoms with Gasteiger partial charge in [-0.3, -0.25) is 0 Å². The highest BCUT2D eigenvalue weighted by atomic mass is 79.9. The van der Waals surface area contributed by atoms with Crippen LogP contribution < -0.4 is 0 Å². The summed E-state index contributed by atoms with van der Waals surface area (Å²) in [7, 11) is 2.20. The van der Waals surface area contributed by atoms with Gasteiger partial charge in [-0.1, -0.05) is 12.1 Å². The zero-order valence-electron chi connectivity index (χ0n) is 11.7. The first-order valence-corrected chi connectivity index (χ1v) is 8.18. The van der Waals surface area contributed by atoms with E-state index in [0.29, 0.717) is 28.9 Å². The van der Waals surface area contributed by atoms with Gasteiger partial charge in [0.1, 0.15) is 5.82 Å². The average molecular weight is 342 g/mol. The largest absolute Gasteiger partial charge is 0.392 e. The molecule has 3 rings (SSSR count). The number of nitrogens with zero attached hydrogens (tertiary/aromatic N) is 1. The Morgan fingerprint density at radius 1 is 1.35 bits per heavy atom. The van der Waals surface area contributed by atoms with E-state index in [1.165, 1.54) is 18.9 Å². The predicted octanol–water partition coefficient (Wildman–Crippen LogP) is 3.36. The van der Waals surface area contributed by atoms with Crippen LogP contribution in [0.2, 0.25) is 0 Å². The van der Waals surface area contributed by atoms with Crippen LogP contribution in [0, 0.1) is 11.7 Å². The average Bonchev–Trinajstić information content (AvgIpc) is 2.66. The van der Waals surface area contributed by atoms with E-state index in [9.17, 15) is 9.50 Å². The van der Waals surface area contributed by atoms with Crippen molar-refractivity contribution in [1.82, 2.24) is 4.90 Å². The first-order valence-electron chi connectivity index (χ1n) is 7.39. The molecule has 110 valence electrons. The minimum atomic E-state index is -0.370. The quantitative estimate of drug-likeness (QED) is 0.911. The van der Waals surface area contributed by atoms with Crippen LogP contribution in [0.3, 0.4) is 0 Å². The number of piperidine rings is 1. The summed E-state index contributed by atoms with van der Waals surface area (Å²) in [5.41, 5.74) is 0.865. The highest BCUT2D eigenvalue weighted by molar-refractivity contribution is 9.10. The molecule has 3 atom stereocenters. The third kappa shape index (κ3) is 2.66. The van der Waals surface area contributed by atoms with Crippen molar-refractivity contribution in [2.75, 3.05) is 7.05 Å². The summed E-state index contributed by atoms with van der Waals surface area (Å²) in [4.78, 5) is 2.47. The summed E-state index contributed by atoms with van der Waals surface area (Å²) in [6, 6.07) is 6.30. The topological polar surface area (TPSA) is 23.5 Å². The molecule has 2 bridgehead atoms. The molecule has 3 unspecified atom stereocenters. The number of hydrogen-bond acceptors (Lipinski definition) is 2. The van der Waals surface area contributed by atoms with Crippen molar-refractivity contribution < 1.29 is 9.50 Å². The van der Waals surface area contributed by atoms with E-state index in [1.807, 2.05) is 6.07 Å². The zero-order chi connectivity index (χ0) is 14.3. The molecule has 1 aromatic rings. The van der Waals surface area contributed by atoms with Gasteiger partial charge in [-0.25, -0.2) is 4.39 Å². The van der Waals surface area contributed by atoms with E-state index in [1.54, 1.807) is 6.07 Å². The number of fused-ring (bicyclic) bond motifs is 2. The number of aliphatic hydroxyl groups is 1. The lowest BCUT2D eigenvalue weighted by molar-refractivity contribution is 0.0367. The molecule has 2 nitrogen and oxygen atoms in total. The highest BCUT2D eigenvalue weighted by Gasteiger charge is 2.40. The fourth-order valence-corrected chi connectivity index (χ4v) is 4.29. The molecule has 2 aliphatic heterocycles. The van der Waals surface area contributed by atoms with Crippen LogP contribution in [0.1, 0.15) is 31.2 Å². The van der Waals surface area contributed by atoms with Gasteiger partial charge in [-0.2, -0.15) is 0 Å². The van der Waals surface area contributed by atoms with Gasteiger partial charge in [-0.05, 0) is 72.6 Å². The van der Waals surface area contributed by atoms with E-state index in [2.05, 4.69) is 27.9 Å². The molecule has 4 heteroatoms. The molecule has 1 N–H and O–H groups in total. The number of benzene rings is 1. The third-order valence-corrected chi connectivity index (χ3v) is 6.03. The van der Waals surface area contributed by atoms with Crippen molar-refractivity contribution in [2.24, 2.45) is 5.92 Å². The van der Waals surface area contributed by atoms with E-state index >= 15 is 0 Å². The van der Waals surface area contributed by atoms with Crippen molar-refractivity contribution in [2.45, 2.75) is 50.3 Å². The van der Waals surface area contributed by atoms with Gasteiger partial charge in [0.25, 0.3) is 0 Å². The second-order valence-corrected chi connectivity index (χ2v) is 7.06. The van der Waals surface area contributed by atoms with E-state index in [0.717, 1.165) is 18.4 Å². The minimum absolute atomic E-state index is 0.252. The lowest BCUT2D eigenvalue weighted by Gasteiger charge is -2.38. The Labute approximate surface area is 128 Å². The number of halogens is 2. The summed E-state index contributed by atoms with van der Waals surface area (Å²) in [6.07, 6.45) is 4.82. The van der Waals surface area contributed by atoms with Gasteiger partial charge in [0.15, 0.2) is 0 Å². The van der Waals surface area contributed by atoms with Crippen molar-refractivity contribution in [1.29, 1.82) is 0 Å². The van der Waals surface area contributed by atoms with Crippen LogP contribution in [-0.4, -0.2) is 35.2 Å². The smallest absolute Gasteiger partial charge is 0.137 e. The summed E-state index contributed by atoms with van der Waals surface area (Å²) >= 11 is 3.28. The Kier molecular flexibility index (Phi) is 4.16. The van der Waals surface area contributed by atoms with Gasteiger partial charge in [0, 0.05) is 12.1 Å². The molecule has 2 fully saturated rings. The second kappa shape index (κ2) is 5.74. The van der Waals surface area contributed by atoms with E-state index in [4.69, 9.17) is 0 Å². The molecular formula is C16H21BrFNO. The van der Waals surface area contributed by atoms with Gasteiger partial charge in [0.2, 0.25) is 0 Å². The molecule has 0 amide bonds. The van der Waals surface area contributed by atoms with Gasteiger partial charge < -0.3 is 10.0 Å². The maximum atomic E-state index is 13.5. The Hall–Kier alpha value is -0.450. The van der Waals surface area contributed by atoms with Gasteiger partial charge >= 0.3 is 0 Å². The fourth-order valence-electron chi connectivity index (χ4n) is 3.87. The molecule has 0 aliphatic carbocycles. The zero-order valence-corrected chi connectivity index (χ0v) is 13.3. The van der Waals surface area contributed by atoms with E-state index in [-0.39, 0.29) is 11.9 Å². The lowest BCUT2D eigenvalue weighted by atomic mass is 9.84. The molecule has 1 aromatic carbocycles. The van der Waals surface area contributed by atoms with Crippen molar-refractivity contribution in [3.8, 4) is 0 Å². The SMILES string of the molecule is CN1C2CCC1CC(C(O)Cc1cccc(F)c1Br)C2. The van der Waals surface area contributed by atoms with Crippen molar-refractivity contribution in [3.05, 3.63) is 34.1 Å². The Balaban J connectivity index is 1.68. The number of aliphatic hydroxyl groups excluding tert-OH is 1. The predicted molar refractivity (Wildman–Crippen MR) is 81.1 cm³/mol. The third-order valence-electron chi connectivity index (χ3n) is 5.14. The molecule has 0 spiro atoms. The van der Waals surface area contributed by atoms with Crippen LogP contribution in [0.15, 0.2) is 22.7 Å². The molecule has 2 saturated heterocycles. The van der Waals surface area contributed by atoms with Crippen LogP contribution in [0.4, 0.5) is 4.39 Å². The van der Waals surface area contributed by atoms with Gasteiger partial charge in [0.05, 0.1) is 10.6 Å². The fraction of sp³-hybridized carbons (Fsp3) is 0.625. The van der Waals surface area contributed by atoms with Crippen LogP contribution in [0.5, 0.6) is 0 Å². The maximum absolute atomic E-state index is 13.5. The summed E-state index contributed by atoms with van der Waals surface area (Å²) in [5, 5.41) is 10.5. The molecule has 0 radical (unpaired) electrons. The van der Waals surface area contributed by atoms with Crippen molar-refractivity contribution >= 4 is 15.9 Å². The normalized spacial score (nSPS) is 31.5. The summed E-state index contributed by atoms with van der Waals surface area (Å²) in [5.74, 6) is 0.0945. The Morgan fingerprint density at radius 2 is 2.00 bits per heavy atom. The van der Waals surface area contributed by atoms with E-state index < -0.39 is 0 Å². The molecule has 0 aromatic heterocycles. The summed E-state index contributed by atoms with van der Waals surface area (Å²) < 4.78 is 14.0. The highest BCUT2D eigenvalue weighted by Crippen LogP contribution is 2.39. The Morgan fingerprint density at radius 3 is 2.65 bits per heavy atom. The minimum Gasteiger partial charge on any atom is -0.392 e. The monoisotopic (exact) mass is 341 g/mol. The summed E-state index contributed by atoms with van der Waals surface area (Å²) in [6.45, 7) is 0. The molecule has 2 aliphatic rings. The number of rotatable bonds is 3. The Bertz CT molecular complexity index is 481. The first kappa shape index (κ1) is 14.5. The van der Waals surface area contributed by atoms with Gasteiger partial charge in [-0.15, -0.1) is 0 Å². The molecule has 2 heterocycles. The number of hydrogen-bond donors (Lipinski definition) is 1. The van der Waals surface area contributed by atoms with Crippen LogP contribution in [0.25, 0.3) is 0 Å². The van der Waals surface area contributed by atoms with Crippen molar-refractivity contribution in [3.63, 3.8) is 0 Å². The lowest BCUT2D eigenvalue weighted by Crippen LogP contribution is -2.43. The molecule has 0 saturated carbocycles.